The van der Waals surface area contributed by atoms with Crippen LogP contribution in [0.2, 0.25) is 0 Å². The summed E-state index contributed by atoms with van der Waals surface area (Å²) in [4.78, 5) is 0. The van der Waals surface area contributed by atoms with Crippen LogP contribution in [0, 0.1) is 11.3 Å². The molecular weight excluding hydrogens is 138 g/mol. The highest BCUT2D eigenvalue weighted by Crippen LogP contribution is 1.98. The van der Waals surface area contributed by atoms with Gasteiger partial charge in [-0.25, -0.2) is 0 Å². The number of unbranched alkanes of at least 4 members (excludes halogenated alkanes) is 1. The van der Waals surface area contributed by atoms with E-state index < -0.39 is 0 Å². The molecule has 0 N–H and O–H groups in total. The molecule has 0 radical (unpaired) electrons. The van der Waals surface area contributed by atoms with Crippen LogP contribution in [0.5, 0.6) is 0 Å². The molecule has 0 amide bonds. The Kier molecular flexibility index (Phi) is 2.67. The fourth-order valence-electron chi connectivity index (χ4n) is 0.914. The molecule has 0 saturated heterocycles. The van der Waals surface area contributed by atoms with Crippen molar-refractivity contribution in [2.75, 3.05) is 0 Å². The molecule has 0 aliphatic heterocycles. The lowest BCUT2D eigenvalue weighted by molar-refractivity contribution is 0.566. The molecular formula is C8H11N3. The molecule has 0 spiro atoms. The van der Waals surface area contributed by atoms with Crippen LogP contribution in [0.4, 0.5) is 0 Å². The third-order valence-corrected chi connectivity index (χ3v) is 1.55. The van der Waals surface area contributed by atoms with Crippen molar-refractivity contribution in [3.8, 4) is 6.07 Å². The predicted octanol–water partition coefficient (Wildman–Crippen LogP) is 1.55. The van der Waals surface area contributed by atoms with E-state index in [9.17, 15) is 0 Å². The molecule has 58 valence electrons. The highest BCUT2D eigenvalue weighted by Gasteiger charge is 1.97. The van der Waals surface area contributed by atoms with Crippen LogP contribution in [0.3, 0.4) is 0 Å². The zero-order chi connectivity index (χ0) is 8.10. The molecule has 0 aromatic carbocycles. The molecule has 0 atom stereocenters. The molecule has 0 aliphatic rings. The zero-order valence-electron chi connectivity index (χ0n) is 6.62. The second-order valence-corrected chi connectivity index (χ2v) is 2.40. The van der Waals surface area contributed by atoms with Gasteiger partial charge in [0.25, 0.3) is 0 Å². The summed E-state index contributed by atoms with van der Waals surface area (Å²) in [5.41, 5.74) is 0.651. The van der Waals surface area contributed by atoms with Crippen LogP contribution < -0.4 is 0 Å². The lowest BCUT2D eigenvalue weighted by Crippen LogP contribution is -2.01. The summed E-state index contributed by atoms with van der Waals surface area (Å²) in [5.74, 6) is 0. The fraction of sp³-hybridized carbons (Fsp3) is 0.500. The Bertz CT molecular complexity index is 257. The van der Waals surface area contributed by atoms with Gasteiger partial charge in [0.05, 0.1) is 6.20 Å². The smallest absolute Gasteiger partial charge is 0.138 e. The summed E-state index contributed by atoms with van der Waals surface area (Å²) in [7, 11) is 0. The van der Waals surface area contributed by atoms with E-state index in [1.54, 1.807) is 16.9 Å². The van der Waals surface area contributed by atoms with Gasteiger partial charge in [-0.1, -0.05) is 13.3 Å². The lowest BCUT2D eigenvalue weighted by atomic mass is 10.3. The summed E-state index contributed by atoms with van der Waals surface area (Å²) >= 11 is 0. The summed E-state index contributed by atoms with van der Waals surface area (Å²) < 4.78 is 1.74. The minimum Gasteiger partial charge on any atom is -0.255 e. The van der Waals surface area contributed by atoms with Crippen LogP contribution in [0.25, 0.3) is 0 Å². The minimum atomic E-state index is 0.651. The molecule has 0 aliphatic carbocycles. The number of aromatic nitrogens is 2. The number of nitriles is 1. The predicted molar refractivity (Wildman–Crippen MR) is 41.9 cm³/mol. The zero-order valence-corrected chi connectivity index (χ0v) is 6.62. The standard InChI is InChI=1S/C8H11N3/c1-2-3-6-11-8(7-9)4-5-10-11/h4-5H,2-3,6H2,1H3. The van der Waals surface area contributed by atoms with Crippen molar-refractivity contribution in [3.63, 3.8) is 0 Å². The van der Waals surface area contributed by atoms with Gasteiger partial charge in [0, 0.05) is 6.54 Å². The van der Waals surface area contributed by atoms with E-state index in [-0.39, 0.29) is 0 Å². The largest absolute Gasteiger partial charge is 0.255 e. The van der Waals surface area contributed by atoms with Crippen molar-refractivity contribution in [2.45, 2.75) is 26.3 Å². The van der Waals surface area contributed by atoms with Crippen molar-refractivity contribution >= 4 is 0 Å². The Morgan fingerprint density at radius 1 is 1.73 bits per heavy atom. The average molecular weight is 149 g/mol. The Balaban J connectivity index is 2.63. The third kappa shape index (κ3) is 1.81. The van der Waals surface area contributed by atoms with E-state index >= 15 is 0 Å². The maximum atomic E-state index is 8.60. The minimum absolute atomic E-state index is 0.651. The average Bonchev–Trinajstić information content (AvgIpc) is 2.47. The first-order valence-electron chi connectivity index (χ1n) is 3.80. The van der Waals surface area contributed by atoms with Crippen molar-refractivity contribution in [2.24, 2.45) is 0 Å². The van der Waals surface area contributed by atoms with Crippen molar-refractivity contribution < 1.29 is 0 Å². The molecule has 1 rings (SSSR count). The van der Waals surface area contributed by atoms with Gasteiger partial charge in [-0.15, -0.1) is 0 Å². The van der Waals surface area contributed by atoms with Gasteiger partial charge in [-0.2, -0.15) is 10.4 Å². The van der Waals surface area contributed by atoms with Gasteiger partial charge in [0.1, 0.15) is 11.8 Å². The molecule has 0 fully saturated rings. The third-order valence-electron chi connectivity index (χ3n) is 1.55. The van der Waals surface area contributed by atoms with Gasteiger partial charge in [-0.3, -0.25) is 4.68 Å². The van der Waals surface area contributed by atoms with Crippen molar-refractivity contribution in [1.82, 2.24) is 9.78 Å². The lowest BCUT2D eigenvalue weighted by Gasteiger charge is -1.98. The summed E-state index contributed by atoms with van der Waals surface area (Å²) in [6.07, 6.45) is 3.87. The monoisotopic (exact) mass is 149 g/mol. The SMILES string of the molecule is CCCCn1nccc1C#N. The molecule has 1 heterocycles. The number of hydrogen-bond acceptors (Lipinski definition) is 2. The van der Waals surface area contributed by atoms with Crippen LogP contribution in [-0.2, 0) is 6.54 Å². The van der Waals surface area contributed by atoms with E-state index in [1.165, 1.54) is 0 Å². The quantitative estimate of drug-likeness (QED) is 0.654. The Morgan fingerprint density at radius 3 is 3.18 bits per heavy atom. The van der Waals surface area contributed by atoms with Crippen molar-refractivity contribution in [1.29, 1.82) is 5.26 Å². The first kappa shape index (κ1) is 7.80. The Hall–Kier alpha value is -1.30. The van der Waals surface area contributed by atoms with Gasteiger partial charge >= 0.3 is 0 Å². The molecule has 1 aromatic rings. The first-order chi connectivity index (χ1) is 5.38. The second-order valence-electron chi connectivity index (χ2n) is 2.40. The van der Waals surface area contributed by atoms with Gasteiger partial charge in [0.15, 0.2) is 0 Å². The topological polar surface area (TPSA) is 41.6 Å². The maximum absolute atomic E-state index is 8.60. The van der Waals surface area contributed by atoms with Gasteiger partial charge in [0.2, 0.25) is 0 Å². The summed E-state index contributed by atoms with van der Waals surface area (Å²) in [6, 6.07) is 3.82. The van der Waals surface area contributed by atoms with Crippen LogP contribution in [0.15, 0.2) is 12.3 Å². The van der Waals surface area contributed by atoms with Crippen molar-refractivity contribution in [3.05, 3.63) is 18.0 Å². The van der Waals surface area contributed by atoms with E-state index in [2.05, 4.69) is 18.1 Å². The molecule has 0 bridgehead atoms. The normalized spacial score (nSPS) is 9.45. The van der Waals surface area contributed by atoms with Gasteiger partial charge in [-0.05, 0) is 12.5 Å². The molecule has 1 aromatic heterocycles. The van der Waals surface area contributed by atoms with Crippen LogP contribution in [0.1, 0.15) is 25.5 Å². The number of nitrogens with zero attached hydrogens (tertiary/aromatic N) is 3. The Morgan fingerprint density at radius 2 is 2.55 bits per heavy atom. The summed E-state index contributed by atoms with van der Waals surface area (Å²) in [5, 5.41) is 12.6. The number of hydrogen-bond donors (Lipinski definition) is 0. The van der Waals surface area contributed by atoms with Gasteiger partial charge < -0.3 is 0 Å². The highest BCUT2D eigenvalue weighted by molar-refractivity contribution is 5.17. The van der Waals surface area contributed by atoms with E-state index in [0.717, 1.165) is 19.4 Å². The van der Waals surface area contributed by atoms with Crippen LogP contribution >= 0.6 is 0 Å². The maximum Gasteiger partial charge on any atom is 0.138 e. The molecule has 3 nitrogen and oxygen atoms in total. The van der Waals surface area contributed by atoms with E-state index in [4.69, 9.17) is 5.26 Å². The Labute approximate surface area is 66.3 Å². The fourth-order valence-corrected chi connectivity index (χ4v) is 0.914. The summed E-state index contributed by atoms with van der Waals surface area (Å²) in [6.45, 7) is 2.97. The van der Waals surface area contributed by atoms with E-state index in [0.29, 0.717) is 5.69 Å². The number of aryl methyl sites for hydroxylation is 1. The first-order valence-corrected chi connectivity index (χ1v) is 3.80. The molecule has 11 heavy (non-hydrogen) atoms. The highest BCUT2D eigenvalue weighted by atomic mass is 15.3. The van der Waals surface area contributed by atoms with E-state index in [1.807, 2.05) is 0 Å². The number of rotatable bonds is 3. The van der Waals surface area contributed by atoms with Crippen LogP contribution in [-0.4, -0.2) is 9.78 Å². The molecule has 3 heteroatoms. The molecule has 0 saturated carbocycles. The molecule has 0 unspecified atom stereocenters. The second kappa shape index (κ2) is 3.77.